The van der Waals surface area contributed by atoms with Crippen LogP contribution in [0.1, 0.15) is 52.4 Å². The predicted molar refractivity (Wildman–Crippen MR) is 60.4 cm³/mol. The Bertz CT molecular complexity index is 152. The van der Waals surface area contributed by atoms with Crippen molar-refractivity contribution in [3.05, 3.63) is 0 Å². The van der Waals surface area contributed by atoms with E-state index >= 15 is 0 Å². The normalized spacial score (nSPS) is 23.4. The first-order chi connectivity index (χ1) is 6.72. The van der Waals surface area contributed by atoms with Crippen LogP contribution in [-0.2, 0) is 0 Å². The first-order valence-corrected chi connectivity index (χ1v) is 6.08. The van der Waals surface area contributed by atoms with E-state index in [1.807, 2.05) is 0 Å². The molecule has 1 unspecified atom stereocenters. The summed E-state index contributed by atoms with van der Waals surface area (Å²) in [5.41, 5.74) is 0.0572. The first kappa shape index (κ1) is 12.0. The summed E-state index contributed by atoms with van der Waals surface area (Å²) in [5, 5.41) is 13.1. The fourth-order valence-electron chi connectivity index (χ4n) is 2.15. The van der Waals surface area contributed by atoms with E-state index in [0.717, 1.165) is 25.3 Å². The number of hydrogen-bond donors (Lipinski definition) is 2. The molecule has 0 bridgehead atoms. The van der Waals surface area contributed by atoms with E-state index in [1.165, 1.54) is 25.7 Å². The average Bonchev–Trinajstić information content (AvgIpc) is 2.27. The number of hydrogen-bond acceptors (Lipinski definition) is 2. The van der Waals surface area contributed by atoms with Gasteiger partial charge >= 0.3 is 0 Å². The molecule has 1 atom stereocenters. The van der Waals surface area contributed by atoms with Crippen molar-refractivity contribution < 1.29 is 5.11 Å². The van der Waals surface area contributed by atoms with Gasteiger partial charge in [0, 0.05) is 5.54 Å². The summed E-state index contributed by atoms with van der Waals surface area (Å²) in [4.78, 5) is 0. The molecule has 14 heavy (non-hydrogen) atoms. The van der Waals surface area contributed by atoms with Gasteiger partial charge in [0.1, 0.15) is 0 Å². The second-order valence-electron chi connectivity index (χ2n) is 4.89. The molecule has 0 heterocycles. The van der Waals surface area contributed by atoms with Crippen LogP contribution in [0.4, 0.5) is 0 Å². The van der Waals surface area contributed by atoms with Crippen molar-refractivity contribution in [1.82, 2.24) is 5.32 Å². The lowest BCUT2D eigenvalue weighted by molar-refractivity contribution is 0.117. The van der Waals surface area contributed by atoms with E-state index in [9.17, 15) is 5.11 Å². The Kier molecular flexibility index (Phi) is 4.90. The summed E-state index contributed by atoms with van der Waals surface area (Å²) in [7, 11) is 0. The largest absolute Gasteiger partial charge is 0.394 e. The van der Waals surface area contributed by atoms with E-state index in [-0.39, 0.29) is 5.54 Å². The Labute approximate surface area is 88.1 Å². The summed E-state index contributed by atoms with van der Waals surface area (Å²) in [6.45, 7) is 5.85. The van der Waals surface area contributed by atoms with Crippen LogP contribution in [0.2, 0.25) is 0 Å². The maximum absolute atomic E-state index is 9.46. The zero-order valence-corrected chi connectivity index (χ0v) is 9.68. The monoisotopic (exact) mass is 199 g/mol. The van der Waals surface area contributed by atoms with Gasteiger partial charge < -0.3 is 10.4 Å². The van der Waals surface area contributed by atoms with Crippen molar-refractivity contribution in [3.8, 4) is 0 Å². The fraction of sp³-hybridized carbons (Fsp3) is 1.00. The van der Waals surface area contributed by atoms with Crippen molar-refractivity contribution in [3.63, 3.8) is 0 Å². The fourth-order valence-corrected chi connectivity index (χ4v) is 2.15. The second kappa shape index (κ2) is 5.72. The molecule has 1 rings (SSSR count). The van der Waals surface area contributed by atoms with E-state index < -0.39 is 0 Å². The molecule has 0 amide bonds. The minimum Gasteiger partial charge on any atom is -0.394 e. The highest BCUT2D eigenvalue weighted by Gasteiger charge is 2.30. The number of aliphatic hydroxyl groups excluding tert-OH is 1. The van der Waals surface area contributed by atoms with E-state index in [1.54, 1.807) is 0 Å². The Morgan fingerprint density at radius 3 is 2.43 bits per heavy atom. The Morgan fingerprint density at radius 2 is 1.93 bits per heavy atom. The van der Waals surface area contributed by atoms with E-state index in [4.69, 9.17) is 0 Å². The van der Waals surface area contributed by atoms with Crippen LogP contribution in [-0.4, -0.2) is 23.8 Å². The van der Waals surface area contributed by atoms with Gasteiger partial charge in [-0.25, -0.2) is 0 Å². The van der Waals surface area contributed by atoms with Gasteiger partial charge in [0.05, 0.1) is 6.61 Å². The SMILES string of the molecule is CCC(C)CNC1(CO)CCCCC1. The molecule has 1 fully saturated rings. The van der Waals surface area contributed by atoms with Gasteiger partial charge in [-0.05, 0) is 25.3 Å². The van der Waals surface area contributed by atoms with Crippen LogP contribution in [0.5, 0.6) is 0 Å². The predicted octanol–water partition coefficient (Wildman–Crippen LogP) is 2.32. The smallest absolute Gasteiger partial charge is 0.0613 e. The summed E-state index contributed by atoms with van der Waals surface area (Å²) in [5.74, 6) is 0.723. The van der Waals surface area contributed by atoms with Crippen LogP contribution in [0, 0.1) is 5.92 Å². The molecule has 1 saturated carbocycles. The number of aliphatic hydroxyl groups is 1. The lowest BCUT2D eigenvalue weighted by atomic mass is 9.82. The Hall–Kier alpha value is -0.0800. The van der Waals surface area contributed by atoms with Crippen molar-refractivity contribution in [1.29, 1.82) is 0 Å². The molecule has 0 aromatic carbocycles. The minimum absolute atomic E-state index is 0.0572. The zero-order valence-electron chi connectivity index (χ0n) is 9.68. The molecule has 84 valence electrons. The molecule has 2 N–H and O–H groups in total. The molecule has 0 spiro atoms. The third kappa shape index (κ3) is 3.25. The molecule has 1 aliphatic carbocycles. The lowest BCUT2D eigenvalue weighted by Gasteiger charge is -2.37. The van der Waals surface area contributed by atoms with Crippen molar-refractivity contribution in [2.24, 2.45) is 5.92 Å². The molecule has 0 radical (unpaired) electrons. The maximum Gasteiger partial charge on any atom is 0.0613 e. The van der Waals surface area contributed by atoms with Gasteiger partial charge in [0.15, 0.2) is 0 Å². The van der Waals surface area contributed by atoms with Crippen LogP contribution in [0.3, 0.4) is 0 Å². The van der Waals surface area contributed by atoms with Gasteiger partial charge in [-0.2, -0.15) is 0 Å². The molecule has 0 aromatic heterocycles. The second-order valence-corrected chi connectivity index (χ2v) is 4.89. The van der Waals surface area contributed by atoms with Crippen molar-refractivity contribution in [2.75, 3.05) is 13.2 Å². The quantitative estimate of drug-likeness (QED) is 0.712. The van der Waals surface area contributed by atoms with E-state index in [0.29, 0.717) is 6.61 Å². The van der Waals surface area contributed by atoms with Crippen LogP contribution in [0.15, 0.2) is 0 Å². The molecule has 1 aliphatic rings. The third-order valence-electron chi connectivity index (χ3n) is 3.64. The minimum atomic E-state index is 0.0572. The molecule has 2 nitrogen and oxygen atoms in total. The first-order valence-electron chi connectivity index (χ1n) is 6.08. The van der Waals surface area contributed by atoms with Gasteiger partial charge in [-0.1, -0.05) is 39.5 Å². The molecular formula is C12H25NO. The molecule has 0 aliphatic heterocycles. The highest BCUT2D eigenvalue weighted by molar-refractivity contribution is 4.90. The van der Waals surface area contributed by atoms with Gasteiger partial charge in [0.25, 0.3) is 0 Å². The number of rotatable bonds is 5. The summed E-state index contributed by atoms with van der Waals surface area (Å²) in [6, 6.07) is 0. The zero-order chi connectivity index (χ0) is 10.4. The molecular weight excluding hydrogens is 174 g/mol. The molecule has 0 saturated heterocycles. The Balaban J connectivity index is 2.36. The summed E-state index contributed by atoms with van der Waals surface area (Å²) in [6.07, 6.45) is 7.41. The van der Waals surface area contributed by atoms with Gasteiger partial charge in [-0.15, -0.1) is 0 Å². The van der Waals surface area contributed by atoms with Crippen LogP contribution < -0.4 is 5.32 Å². The molecule has 0 aromatic rings. The van der Waals surface area contributed by atoms with Gasteiger partial charge in [0.2, 0.25) is 0 Å². The van der Waals surface area contributed by atoms with Crippen LogP contribution in [0.25, 0.3) is 0 Å². The molecule has 2 heteroatoms. The number of nitrogens with one attached hydrogen (secondary N) is 1. The van der Waals surface area contributed by atoms with Gasteiger partial charge in [-0.3, -0.25) is 0 Å². The van der Waals surface area contributed by atoms with E-state index in [2.05, 4.69) is 19.2 Å². The van der Waals surface area contributed by atoms with Crippen molar-refractivity contribution in [2.45, 2.75) is 57.9 Å². The topological polar surface area (TPSA) is 32.3 Å². The summed E-state index contributed by atoms with van der Waals surface area (Å²) < 4.78 is 0. The standard InChI is InChI=1S/C12H25NO/c1-3-11(2)9-13-12(10-14)7-5-4-6-8-12/h11,13-14H,3-10H2,1-2H3. The Morgan fingerprint density at radius 1 is 1.29 bits per heavy atom. The van der Waals surface area contributed by atoms with Crippen LogP contribution >= 0.6 is 0 Å². The highest BCUT2D eigenvalue weighted by Crippen LogP contribution is 2.27. The third-order valence-corrected chi connectivity index (χ3v) is 3.64. The van der Waals surface area contributed by atoms with Crippen molar-refractivity contribution >= 4 is 0 Å². The summed E-state index contributed by atoms with van der Waals surface area (Å²) >= 11 is 0. The maximum atomic E-state index is 9.46. The highest BCUT2D eigenvalue weighted by atomic mass is 16.3. The lowest BCUT2D eigenvalue weighted by Crippen LogP contribution is -2.51. The average molecular weight is 199 g/mol.